The van der Waals surface area contributed by atoms with Crippen LogP contribution in [0.3, 0.4) is 0 Å². The molecule has 146 valence electrons. The van der Waals surface area contributed by atoms with Crippen LogP contribution in [0.25, 0.3) is 0 Å². The Kier molecular flexibility index (Phi) is 10.1. The molecule has 1 aliphatic rings. The number of piperidine rings is 1. The average Bonchev–Trinajstić information content (AvgIpc) is 2.63. The summed E-state index contributed by atoms with van der Waals surface area (Å²) in [7, 11) is 1.86. The van der Waals surface area contributed by atoms with E-state index in [1.165, 1.54) is 6.42 Å². The predicted octanol–water partition coefficient (Wildman–Crippen LogP) is 3.07. The predicted molar refractivity (Wildman–Crippen MR) is 106 cm³/mol. The third-order valence-electron chi connectivity index (χ3n) is 4.27. The van der Waals surface area contributed by atoms with Crippen molar-refractivity contribution in [1.82, 2.24) is 10.2 Å². The largest absolute Gasteiger partial charge is 0.492 e. The Morgan fingerprint density at radius 3 is 2.58 bits per heavy atom. The van der Waals surface area contributed by atoms with Gasteiger partial charge in [0.05, 0.1) is 12.3 Å². The first-order valence-corrected chi connectivity index (χ1v) is 9.16. The van der Waals surface area contributed by atoms with E-state index in [9.17, 15) is 9.59 Å². The first-order valence-electron chi connectivity index (χ1n) is 9.16. The van der Waals surface area contributed by atoms with Crippen LogP contribution in [-0.4, -0.2) is 50.0 Å². The topological polar surface area (TPSA) is 70.7 Å². The number of rotatable bonds is 8. The number of halogens is 1. The lowest BCUT2D eigenvalue weighted by Crippen LogP contribution is -2.35. The quantitative estimate of drug-likeness (QED) is 0.677. The number of nitrogens with zero attached hydrogens (tertiary/aromatic N) is 1. The summed E-state index contributed by atoms with van der Waals surface area (Å²) in [6.45, 7) is 4.79. The van der Waals surface area contributed by atoms with Gasteiger partial charge < -0.3 is 20.3 Å². The van der Waals surface area contributed by atoms with Gasteiger partial charge in [-0.3, -0.25) is 9.59 Å². The standard InChI is InChI=1S/C19H29N3O3.ClH/c1-3-25-17-10-9-15(19(24)22-12-5-4-6-13-22)14-16(17)21-18(23)8-7-11-20-2;/h9-10,14,20H,3-8,11-13H2,1-2H3,(H,21,23);1H. The van der Waals surface area contributed by atoms with Gasteiger partial charge in [0.25, 0.3) is 5.91 Å². The van der Waals surface area contributed by atoms with E-state index < -0.39 is 0 Å². The maximum absolute atomic E-state index is 12.7. The molecule has 6 nitrogen and oxygen atoms in total. The van der Waals surface area contributed by atoms with Crippen LogP contribution in [-0.2, 0) is 4.79 Å². The highest BCUT2D eigenvalue weighted by atomic mass is 35.5. The zero-order chi connectivity index (χ0) is 18.1. The number of amides is 2. The molecule has 2 rings (SSSR count). The number of likely N-dealkylation sites (tertiary alicyclic amines) is 1. The van der Waals surface area contributed by atoms with Gasteiger partial charge in [-0.15, -0.1) is 12.4 Å². The van der Waals surface area contributed by atoms with E-state index >= 15 is 0 Å². The van der Waals surface area contributed by atoms with E-state index in [1.54, 1.807) is 18.2 Å². The maximum Gasteiger partial charge on any atom is 0.253 e. The number of carbonyl (C=O) groups excluding carboxylic acids is 2. The van der Waals surface area contributed by atoms with Crippen molar-refractivity contribution in [3.05, 3.63) is 23.8 Å². The van der Waals surface area contributed by atoms with E-state index in [-0.39, 0.29) is 24.2 Å². The van der Waals surface area contributed by atoms with Crippen molar-refractivity contribution >= 4 is 29.9 Å². The van der Waals surface area contributed by atoms with Crippen LogP contribution in [0.4, 0.5) is 5.69 Å². The Hall–Kier alpha value is -1.79. The van der Waals surface area contributed by atoms with E-state index in [0.29, 0.717) is 30.0 Å². The van der Waals surface area contributed by atoms with Gasteiger partial charge in [0, 0.05) is 25.1 Å². The molecule has 0 radical (unpaired) electrons. The molecule has 0 saturated carbocycles. The Morgan fingerprint density at radius 2 is 1.92 bits per heavy atom. The van der Waals surface area contributed by atoms with Gasteiger partial charge in [-0.2, -0.15) is 0 Å². The summed E-state index contributed by atoms with van der Waals surface area (Å²) < 4.78 is 5.59. The normalized spacial score (nSPS) is 13.7. The summed E-state index contributed by atoms with van der Waals surface area (Å²) in [4.78, 5) is 26.7. The second-order valence-corrected chi connectivity index (χ2v) is 6.25. The zero-order valence-electron chi connectivity index (χ0n) is 15.7. The molecule has 7 heteroatoms. The molecule has 0 aliphatic carbocycles. The molecule has 2 N–H and O–H groups in total. The van der Waals surface area contributed by atoms with Crippen molar-refractivity contribution < 1.29 is 14.3 Å². The number of hydrogen-bond donors (Lipinski definition) is 2. The van der Waals surface area contributed by atoms with Gasteiger partial charge in [-0.05, 0) is 64.4 Å². The molecule has 1 aliphatic heterocycles. The fourth-order valence-electron chi connectivity index (χ4n) is 2.96. The Morgan fingerprint density at radius 1 is 1.19 bits per heavy atom. The Labute approximate surface area is 162 Å². The van der Waals surface area contributed by atoms with Crippen molar-refractivity contribution in [3.8, 4) is 5.75 Å². The van der Waals surface area contributed by atoms with Crippen LogP contribution in [0.2, 0.25) is 0 Å². The highest BCUT2D eigenvalue weighted by molar-refractivity contribution is 5.98. The second kappa shape index (κ2) is 11.8. The van der Waals surface area contributed by atoms with Crippen molar-refractivity contribution in [2.45, 2.75) is 39.0 Å². The minimum atomic E-state index is -0.0706. The molecule has 1 aromatic carbocycles. The molecule has 0 aromatic heterocycles. The minimum absolute atomic E-state index is 0. The maximum atomic E-state index is 12.7. The lowest BCUT2D eigenvalue weighted by atomic mass is 10.1. The molecular weight excluding hydrogens is 354 g/mol. The number of ether oxygens (including phenoxy) is 1. The summed E-state index contributed by atoms with van der Waals surface area (Å²) in [5, 5.41) is 5.91. The molecule has 0 unspecified atom stereocenters. The fourth-order valence-corrected chi connectivity index (χ4v) is 2.96. The molecule has 0 bridgehead atoms. The number of hydrogen-bond acceptors (Lipinski definition) is 4. The highest BCUT2D eigenvalue weighted by Gasteiger charge is 2.20. The molecule has 1 fully saturated rings. The van der Waals surface area contributed by atoms with Gasteiger partial charge in [0.2, 0.25) is 5.91 Å². The van der Waals surface area contributed by atoms with E-state index in [0.717, 1.165) is 38.9 Å². The molecule has 26 heavy (non-hydrogen) atoms. The minimum Gasteiger partial charge on any atom is -0.492 e. The summed E-state index contributed by atoms with van der Waals surface area (Å²) >= 11 is 0. The Balaban J connectivity index is 0.00000338. The third kappa shape index (κ3) is 6.50. The molecule has 1 heterocycles. The SMILES string of the molecule is CCOc1ccc(C(=O)N2CCCCC2)cc1NC(=O)CCCNC.Cl. The van der Waals surface area contributed by atoms with Gasteiger partial charge in [-0.1, -0.05) is 0 Å². The zero-order valence-corrected chi connectivity index (χ0v) is 16.5. The highest BCUT2D eigenvalue weighted by Crippen LogP contribution is 2.27. The van der Waals surface area contributed by atoms with Crippen molar-refractivity contribution in [2.75, 3.05) is 38.6 Å². The van der Waals surface area contributed by atoms with E-state index in [4.69, 9.17) is 4.74 Å². The average molecular weight is 384 g/mol. The van der Waals surface area contributed by atoms with Crippen molar-refractivity contribution in [2.24, 2.45) is 0 Å². The monoisotopic (exact) mass is 383 g/mol. The lowest BCUT2D eigenvalue weighted by Gasteiger charge is -2.27. The lowest BCUT2D eigenvalue weighted by molar-refractivity contribution is -0.116. The van der Waals surface area contributed by atoms with E-state index in [2.05, 4.69) is 10.6 Å². The molecule has 0 atom stereocenters. The van der Waals surface area contributed by atoms with Crippen LogP contribution in [0.1, 0.15) is 49.4 Å². The number of nitrogens with one attached hydrogen (secondary N) is 2. The Bertz CT molecular complexity index is 589. The van der Waals surface area contributed by atoms with Gasteiger partial charge in [0.1, 0.15) is 5.75 Å². The number of carbonyl (C=O) groups is 2. The van der Waals surface area contributed by atoms with Crippen molar-refractivity contribution in [1.29, 1.82) is 0 Å². The van der Waals surface area contributed by atoms with Crippen LogP contribution in [0, 0.1) is 0 Å². The molecule has 1 saturated heterocycles. The molecule has 2 amide bonds. The van der Waals surface area contributed by atoms with Gasteiger partial charge >= 0.3 is 0 Å². The number of benzene rings is 1. The molecular formula is C19H30ClN3O3. The second-order valence-electron chi connectivity index (χ2n) is 6.25. The summed E-state index contributed by atoms with van der Waals surface area (Å²) in [5.41, 5.74) is 1.16. The van der Waals surface area contributed by atoms with Crippen molar-refractivity contribution in [3.63, 3.8) is 0 Å². The van der Waals surface area contributed by atoms with Crippen LogP contribution >= 0.6 is 12.4 Å². The summed E-state index contributed by atoms with van der Waals surface area (Å²) in [6, 6.07) is 5.28. The van der Waals surface area contributed by atoms with Crippen LogP contribution < -0.4 is 15.4 Å². The summed E-state index contributed by atoms with van der Waals surface area (Å²) in [6.07, 6.45) is 4.48. The fraction of sp³-hybridized carbons (Fsp3) is 0.579. The van der Waals surface area contributed by atoms with Crippen LogP contribution in [0.15, 0.2) is 18.2 Å². The molecule has 0 spiro atoms. The van der Waals surface area contributed by atoms with E-state index in [1.807, 2.05) is 18.9 Å². The first kappa shape index (κ1) is 22.3. The smallest absolute Gasteiger partial charge is 0.253 e. The first-order chi connectivity index (χ1) is 12.2. The molecule has 1 aromatic rings. The van der Waals surface area contributed by atoms with Gasteiger partial charge in [-0.25, -0.2) is 0 Å². The summed E-state index contributed by atoms with van der Waals surface area (Å²) in [5.74, 6) is 0.548. The van der Waals surface area contributed by atoms with Crippen LogP contribution in [0.5, 0.6) is 5.75 Å². The van der Waals surface area contributed by atoms with Gasteiger partial charge in [0.15, 0.2) is 0 Å². The third-order valence-corrected chi connectivity index (χ3v) is 4.27. The number of anilines is 1.